The normalized spacial score (nSPS) is 10.5. The van der Waals surface area contributed by atoms with Gasteiger partial charge in [0.05, 0.1) is 10.5 Å². The summed E-state index contributed by atoms with van der Waals surface area (Å²) in [6.07, 6.45) is 0.149. The van der Waals surface area contributed by atoms with Crippen LogP contribution in [0.1, 0.15) is 29.8 Å². The highest BCUT2D eigenvalue weighted by atomic mass is 19.3. The first-order valence-corrected chi connectivity index (χ1v) is 5.13. The molecule has 0 spiro atoms. The number of hydrogen-bond acceptors (Lipinski definition) is 4. The number of ketones is 1. The van der Waals surface area contributed by atoms with Crippen molar-refractivity contribution in [3.8, 4) is 5.75 Å². The van der Waals surface area contributed by atoms with Gasteiger partial charge in [-0.2, -0.15) is 8.78 Å². The van der Waals surface area contributed by atoms with Crippen molar-refractivity contribution in [2.75, 3.05) is 0 Å². The van der Waals surface area contributed by atoms with Crippen molar-refractivity contribution >= 4 is 11.5 Å². The minimum Gasteiger partial charge on any atom is -0.434 e. The van der Waals surface area contributed by atoms with E-state index in [0.29, 0.717) is 0 Å². The van der Waals surface area contributed by atoms with Crippen LogP contribution in [0.15, 0.2) is 12.1 Å². The number of nitro benzene ring substituents is 1. The summed E-state index contributed by atoms with van der Waals surface area (Å²) in [5, 5.41) is 10.8. The fourth-order valence-corrected chi connectivity index (χ4v) is 1.55. The molecule has 0 aliphatic heterocycles. The first-order chi connectivity index (χ1) is 8.36. The highest BCUT2D eigenvalue weighted by molar-refractivity contribution is 5.95. The van der Waals surface area contributed by atoms with Crippen LogP contribution in [-0.2, 0) is 6.42 Å². The second kappa shape index (κ2) is 5.52. The van der Waals surface area contributed by atoms with E-state index in [1.54, 1.807) is 6.92 Å². The molecule has 0 N–H and O–H groups in total. The molecule has 98 valence electrons. The smallest absolute Gasteiger partial charge is 0.387 e. The Bertz CT molecular complexity index is 488. The Morgan fingerprint density at radius 1 is 1.50 bits per heavy atom. The van der Waals surface area contributed by atoms with Gasteiger partial charge in [-0.25, -0.2) is 0 Å². The van der Waals surface area contributed by atoms with E-state index in [9.17, 15) is 23.7 Å². The molecule has 0 aliphatic rings. The van der Waals surface area contributed by atoms with Gasteiger partial charge in [0.15, 0.2) is 5.78 Å². The van der Waals surface area contributed by atoms with Crippen LogP contribution in [0.5, 0.6) is 5.75 Å². The maximum Gasteiger partial charge on any atom is 0.387 e. The molecular weight excluding hydrogens is 248 g/mol. The molecule has 0 atom stereocenters. The highest BCUT2D eigenvalue weighted by Crippen LogP contribution is 2.32. The summed E-state index contributed by atoms with van der Waals surface area (Å²) in [7, 11) is 0. The van der Waals surface area contributed by atoms with Crippen molar-refractivity contribution in [2.24, 2.45) is 0 Å². The quantitative estimate of drug-likeness (QED) is 0.463. The summed E-state index contributed by atoms with van der Waals surface area (Å²) in [5.41, 5.74) is -0.374. The van der Waals surface area contributed by atoms with E-state index in [-0.39, 0.29) is 29.0 Å². The molecule has 0 radical (unpaired) electrons. The van der Waals surface area contributed by atoms with E-state index in [0.717, 1.165) is 12.1 Å². The lowest BCUT2D eigenvalue weighted by atomic mass is 10.0. The minimum atomic E-state index is -3.10. The number of benzene rings is 1. The minimum absolute atomic E-state index is 0.0328. The molecule has 1 aromatic carbocycles. The number of nitrogens with zero attached hydrogens (tertiary/aromatic N) is 1. The van der Waals surface area contributed by atoms with Crippen LogP contribution in [0, 0.1) is 10.1 Å². The van der Waals surface area contributed by atoms with Crippen LogP contribution in [0.2, 0.25) is 0 Å². The molecule has 0 amide bonds. The number of hydrogen-bond donors (Lipinski definition) is 0. The van der Waals surface area contributed by atoms with Crippen LogP contribution >= 0.6 is 0 Å². The fraction of sp³-hybridized carbons (Fsp3) is 0.364. The average Bonchev–Trinajstić information content (AvgIpc) is 2.26. The Morgan fingerprint density at radius 3 is 2.50 bits per heavy atom. The lowest BCUT2D eigenvalue weighted by Gasteiger charge is -2.11. The number of nitro groups is 1. The molecule has 1 aromatic rings. The third-order valence-corrected chi connectivity index (χ3v) is 2.36. The maximum absolute atomic E-state index is 12.2. The first kappa shape index (κ1) is 14.0. The zero-order chi connectivity index (χ0) is 13.9. The SMILES string of the molecule is CCc1c(OC(F)F)cc(C(C)=O)cc1[N+](=O)[O-]. The van der Waals surface area contributed by atoms with Gasteiger partial charge in [-0.15, -0.1) is 0 Å². The molecule has 0 saturated carbocycles. The molecular formula is C11H11F2NO4. The topological polar surface area (TPSA) is 69.4 Å². The summed E-state index contributed by atoms with van der Waals surface area (Å²) < 4.78 is 28.7. The van der Waals surface area contributed by atoms with Crippen LogP contribution in [0.3, 0.4) is 0 Å². The molecule has 0 aliphatic carbocycles. The number of ether oxygens (including phenoxy) is 1. The van der Waals surface area contributed by atoms with E-state index in [2.05, 4.69) is 4.74 Å². The molecule has 18 heavy (non-hydrogen) atoms. The second-order valence-corrected chi connectivity index (χ2v) is 3.52. The van der Waals surface area contributed by atoms with Gasteiger partial charge in [-0.05, 0) is 19.4 Å². The second-order valence-electron chi connectivity index (χ2n) is 3.52. The van der Waals surface area contributed by atoms with Crippen molar-refractivity contribution < 1.29 is 23.2 Å². The molecule has 0 bridgehead atoms. The Kier molecular flexibility index (Phi) is 4.30. The summed E-state index contributed by atoms with van der Waals surface area (Å²) in [4.78, 5) is 21.3. The molecule has 0 aromatic heterocycles. The number of rotatable bonds is 5. The zero-order valence-electron chi connectivity index (χ0n) is 9.78. The van der Waals surface area contributed by atoms with E-state index in [1.807, 2.05) is 0 Å². The summed E-state index contributed by atoms with van der Waals surface area (Å²) in [6, 6.07) is 2.17. The number of Topliss-reactive ketones (excluding diaryl/α,β-unsaturated/α-hetero) is 1. The number of carbonyl (C=O) groups excluding carboxylic acids is 1. The Balaban J connectivity index is 3.45. The fourth-order valence-electron chi connectivity index (χ4n) is 1.55. The van der Waals surface area contributed by atoms with Crippen LogP contribution < -0.4 is 4.74 Å². The standard InChI is InChI=1S/C11H11F2NO4/c1-3-8-9(14(16)17)4-7(6(2)15)5-10(8)18-11(12)13/h4-5,11H,3H2,1-2H3. The van der Waals surface area contributed by atoms with Gasteiger partial charge in [0, 0.05) is 11.6 Å². The van der Waals surface area contributed by atoms with Gasteiger partial charge in [0.25, 0.3) is 5.69 Å². The number of carbonyl (C=O) groups is 1. The molecule has 7 heteroatoms. The van der Waals surface area contributed by atoms with Gasteiger partial charge < -0.3 is 4.74 Å². The van der Waals surface area contributed by atoms with Gasteiger partial charge in [0.2, 0.25) is 0 Å². The zero-order valence-corrected chi connectivity index (χ0v) is 9.78. The Hall–Kier alpha value is -2.05. The maximum atomic E-state index is 12.2. The third-order valence-electron chi connectivity index (χ3n) is 2.36. The van der Waals surface area contributed by atoms with Crippen LogP contribution in [-0.4, -0.2) is 17.3 Å². The van der Waals surface area contributed by atoms with Crippen LogP contribution in [0.4, 0.5) is 14.5 Å². The van der Waals surface area contributed by atoms with E-state index in [1.165, 1.54) is 6.92 Å². The van der Waals surface area contributed by atoms with Gasteiger partial charge in [-0.3, -0.25) is 14.9 Å². The Morgan fingerprint density at radius 2 is 2.11 bits per heavy atom. The van der Waals surface area contributed by atoms with Gasteiger partial charge in [0.1, 0.15) is 5.75 Å². The highest BCUT2D eigenvalue weighted by Gasteiger charge is 2.22. The van der Waals surface area contributed by atoms with Crippen molar-refractivity contribution in [3.05, 3.63) is 33.4 Å². The average molecular weight is 259 g/mol. The van der Waals surface area contributed by atoms with Gasteiger partial charge >= 0.3 is 6.61 Å². The van der Waals surface area contributed by atoms with E-state index >= 15 is 0 Å². The third kappa shape index (κ3) is 2.99. The van der Waals surface area contributed by atoms with Gasteiger partial charge in [-0.1, -0.05) is 6.92 Å². The van der Waals surface area contributed by atoms with Crippen LogP contribution in [0.25, 0.3) is 0 Å². The largest absolute Gasteiger partial charge is 0.434 e. The summed E-state index contributed by atoms with van der Waals surface area (Å²) >= 11 is 0. The number of halogens is 2. The first-order valence-electron chi connectivity index (χ1n) is 5.13. The molecule has 1 rings (SSSR count). The predicted octanol–water partition coefficient (Wildman–Crippen LogP) is 2.96. The lowest BCUT2D eigenvalue weighted by Crippen LogP contribution is -2.08. The van der Waals surface area contributed by atoms with E-state index < -0.39 is 17.3 Å². The summed E-state index contributed by atoms with van der Waals surface area (Å²) in [6.45, 7) is -0.331. The van der Waals surface area contributed by atoms with E-state index in [4.69, 9.17) is 0 Å². The molecule has 0 unspecified atom stereocenters. The lowest BCUT2D eigenvalue weighted by molar-refractivity contribution is -0.385. The predicted molar refractivity (Wildman–Crippen MR) is 59.1 cm³/mol. The van der Waals surface area contributed by atoms with Crippen molar-refractivity contribution in [1.82, 2.24) is 0 Å². The molecule has 0 heterocycles. The molecule has 0 saturated heterocycles. The number of alkyl halides is 2. The summed E-state index contributed by atoms with van der Waals surface area (Å²) in [5.74, 6) is -0.785. The van der Waals surface area contributed by atoms with Crippen molar-refractivity contribution in [3.63, 3.8) is 0 Å². The van der Waals surface area contributed by atoms with Crippen molar-refractivity contribution in [1.29, 1.82) is 0 Å². The monoisotopic (exact) mass is 259 g/mol. The van der Waals surface area contributed by atoms with Crippen molar-refractivity contribution in [2.45, 2.75) is 26.9 Å². The molecule has 5 nitrogen and oxygen atoms in total. The Labute approximate surface area is 102 Å². The molecule has 0 fully saturated rings.